The number of thiazole rings is 1. The van der Waals surface area contributed by atoms with E-state index < -0.39 is 0 Å². The largest absolute Gasteiger partial charge is 0.493 e. The lowest BCUT2D eigenvalue weighted by Gasteiger charge is -2.16. The van der Waals surface area contributed by atoms with Gasteiger partial charge in [-0.05, 0) is 28.9 Å². The van der Waals surface area contributed by atoms with E-state index in [1.807, 2.05) is 6.92 Å². The van der Waals surface area contributed by atoms with Gasteiger partial charge < -0.3 is 14.2 Å². The Kier molecular flexibility index (Phi) is 5.25. The van der Waals surface area contributed by atoms with Crippen molar-refractivity contribution in [1.29, 1.82) is 0 Å². The molecule has 0 saturated carbocycles. The molecule has 0 aliphatic heterocycles. The number of nitrogens with one attached hydrogen (secondary N) is 1. The Labute approximate surface area is 140 Å². The second kappa shape index (κ2) is 6.97. The minimum absolute atomic E-state index is 0.319. The zero-order valence-electron chi connectivity index (χ0n) is 12.5. The van der Waals surface area contributed by atoms with E-state index in [1.54, 1.807) is 12.3 Å². The van der Waals surface area contributed by atoms with Crippen LogP contribution in [0.25, 0.3) is 0 Å². The first kappa shape index (κ1) is 16.6. The van der Waals surface area contributed by atoms with Gasteiger partial charge in [0.05, 0.1) is 31.4 Å². The van der Waals surface area contributed by atoms with Crippen LogP contribution in [0.2, 0.25) is 0 Å². The molecule has 0 fully saturated rings. The van der Waals surface area contributed by atoms with Crippen LogP contribution in [0, 0.1) is 6.92 Å². The van der Waals surface area contributed by atoms with Crippen molar-refractivity contribution >= 4 is 38.3 Å². The number of rotatable bonds is 5. The first-order chi connectivity index (χ1) is 10.5. The predicted molar refractivity (Wildman–Crippen MR) is 88.6 cm³/mol. The predicted octanol–water partition coefficient (Wildman–Crippen LogP) is 3.49. The molecule has 0 atom stereocenters. The number of aromatic nitrogens is 1. The van der Waals surface area contributed by atoms with Gasteiger partial charge in [0.1, 0.15) is 0 Å². The van der Waals surface area contributed by atoms with Gasteiger partial charge in [-0.1, -0.05) is 0 Å². The fourth-order valence-electron chi connectivity index (χ4n) is 1.86. The maximum absolute atomic E-state index is 12.5. The molecule has 1 aromatic heterocycles. The Morgan fingerprint density at radius 1 is 1.23 bits per heavy atom. The van der Waals surface area contributed by atoms with E-state index in [9.17, 15) is 4.79 Å². The number of methoxy groups -OCH3 is 3. The Balaban J connectivity index is 2.43. The maximum atomic E-state index is 12.5. The number of halogens is 1. The maximum Gasteiger partial charge on any atom is 0.258 e. The summed E-state index contributed by atoms with van der Waals surface area (Å²) in [7, 11) is 4.50. The normalized spacial score (nSPS) is 10.2. The molecule has 118 valence electrons. The van der Waals surface area contributed by atoms with E-state index in [4.69, 9.17) is 14.2 Å². The standard InChI is InChI=1S/C14H15BrN2O4S/c1-7-6-16-14(22-7)17-13(18)8-5-9(19-2)11(20-3)12(21-4)10(8)15/h5-6H,1-4H3,(H,16,17,18). The van der Waals surface area contributed by atoms with Crippen LogP contribution in [-0.4, -0.2) is 32.2 Å². The van der Waals surface area contributed by atoms with Crippen molar-refractivity contribution in [3.63, 3.8) is 0 Å². The molecular formula is C14H15BrN2O4S. The van der Waals surface area contributed by atoms with Crippen LogP contribution in [0.4, 0.5) is 5.13 Å². The summed E-state index contributed by atoms with van der Waals surface area (Å²) in [5.41, 5.74) is 0.363. The van der Waals surface area contributed by atoms with Gasteiger partial charge in [-0.2, -0.15) is 0 Å². The molecule has 0 spiro atoms. The SMILES string of the molecule is COc1cc(C(=O)Nc2ncc(C)s2)c(Br)c(OC)c1OC. The average molecular weight is 387 g/mol. The Hall–Kier alpha value is -1.80. The van der Waals surface area contributed by atoms with Crippen LogP contribution in [0.15, 0.2) is 16.7 Å². The Morgan fingerprint density at radius 2 is 1.91 bits per heavy atom. The van der Waals surface area contributed by atoms with E-state index in [1.165, 1.54) is 32.7 Å². The zero-order chi connectivity index (χ0) is 16.3. The van der Waals surface area contributed by atoms with Gasteiger partial charge in [0, 0.05) is 11.1 Å². The summed E-state index contributed by atoms with van der Waals surface area (Å²) in [6.45, 7) is 1.92. The molecule has 6 nitrogen and oxygen atoms in total. The lowest BCUT2D eigenvalue weighted by atomic mass is 10.1. The van der Waals surface area contributed by atoms with E-state index in [-0.39, 0.29) is 5.91 Å². The van der Waals surface area contributed by atoms with Gasteiger partial charge >= 0.3 is 0 Å². The van der Waals surface area contributed by atoms with E-state index in [2.05, 4.69) is 26.2 Å². The molecule has 1 N–H and O–H groups in total. The molecular weight excluding hydrogens is 372 g/mol. The quantitative estimate of drug-likeness (QED) is 0.851. The van der Waals surface area contributed by atoms with Gasteiger partial charge in [-0.15, -0.1) is 11.3 Å². The molecule has 0 saturated heterocycles. The summed E-state index contributed by atoms with van der Waals surface area (Å²) in [4.78, 5) is 17.6. The highest BCUT2D eigenvalue weighted by molar-refractivity contribution is 9.10. The number of hydrogen-bond donors (Lipinski definition) is 1. The summed E-state index contributed by atoms with van der Waals surface area (Å²) in [5, 5.41) is 3.28. The number of carbonyl (C=O) groups is 1. The van der Waals surface area contributed by atoms with E-state index in [0.717, 1.165) is 4.88 Å². The van der Waals surface area contributed by atoms with Gasteiger partial charge in [0.15, 0.2) is 16.6 Å². The first-order valence-corrected chi connectivity index (χ1v) is 7.85. The van der Waals surface area contributed by atoms with E-state index in [0.29, 0.717) is 32.4 Å². The minimum Gasteiger partial charge on any atom is -0.493 e. The molecule has 0 bridgehead atoms. The zero-order valence-corrected chi connectivity index (χ0v) is 14.9. The van der Waals surface area contributed by atoms with Crippen molar-refractivity contribution in [3.8, 4) is 17.2 Å². The van der Waals surface area contributed by atoms with Crippen LogP contribution < -0.4 is 19.5 Å². The molecule has 2 rings (SSSR count). The van der Waals surface area contributed by atoms with Crippen LogP contribution in [-0.2, 0) is 0 Å². The van der Waals surface area contributed by atoms with E-state index >= 15 is 0 Å². The van der Waals surface area contributed by atoms with Crippen molar-refractivity contribution in [2.24, 2.45) is 0 Å². The summed E-state index contributed by atoms with van der Waals surface area (Å²) in [6, 6.07) is 1.58. The number of aryl methyl sites for hydroxylation is 1. The van der Waals surface area contributed by atoms with Crippen LogP contribution in [0.5, 0.6) is 17.2 Å². The third-order valence-electron chi connectivity index (χ3n) is 2.86. The molecule has 8 heteroatoms. The molecule has 22 heavy (non-hydrogen) atoms. The van der Waals surface area contributed by atoms with Crippen molar-refractivity contribution in [3.05, 3.63) is 27.2 Å². The lowest BCUT2D eigenvalue weighted by Crippen LogP contribution is -2.13. The van der Waals surface area contributed by atoms with Crippen LogP contribution >= 0.6 is 27.3 Å². The highest BCUT2D eigenvalue weighted by Gasteiger charge is 2.23. The minimum atomic E-state index is -0.319. The topological polar surface area (TPSA) is 69.7 Å². The average Bonchev–Trinajstić information content (AvgIpc) is 2.91. The molecule has 0 aliphatic carbocycles. The summed E-state index contributed by atoms with van der Waals surface area (Å²) < 4.78 is 16.3. The van der Waals surface area contributed by atoms with Crippen molar-refractivity contribution in [2.75, 3.05) is 26.6 Å². The summed E-state index contributed by atoms with van der Waals surface area (Å²) in [5.74, 6) is 0.893. The van der Waals surface area contributed by atoms with Gasteiger partial charge in [0.2, 0.25) is 5.75 Å². The second-order valence-corrected chi connectivity index (χ2v) is 6.26. The van der Waals surface area contributed by atoms with Crippen LogP contribution in [0.3, 0.4) is 0 Å². The highest BCUT2D eigenvalue weighted by Crippen LogP contribution is 2.44. The Morgan fingerprint density at radius 3 is 2.41 bits per heavy atom. The smallest absolute Gasteiger partial charge is 0.258 e. The molecule has 0 radical (unpaired) electrons. The molecule has 0 aliphatic rings. The fraction of sp³-hybridized carbons (Fsp3) is 0.286. The summed E-state index contributed by atoms with van der Waals surface area (Å²) in [6.07, 6.45) is 1.70. The molecule has 1 heterocycles. The summed E-state index contributed by atoms with van der Waals surface area (Å²) >= 11 is 4.78. The van der Waals surface area contributed by atoms with Gasteiger partial charge in [-0.3, -0.25) is 10.1 Å². The lowest BCUT2D eigenvalue weighted by molar-refractivity contribution is 0.102. The van der Waals surface area contributed by atoms with Crippen LogP contribution in [0.1, 0.15) is 15.2 Å². The molecule has 1 aromatic carbocycles. The number of ether oxygens (including phenoxy) is 3. The van der Waals surface area contributed by atoms with Crippen molar-refractivity contribution in [2.45, 2.75) is 6.92 Å². The molecule has 2 aromatic rings. The number of nitrogens with zero attached hydrogens (tertiary/aromatic N) is 1. The first-order valence-electron chi connectivity index (χ1n) is 6.24. The third kappa shape index (κ3) is 3.17. The number of amides is 1. The fourth-order valence-corrected chi connectivity index (χ4v) is 3.16. The highest BCUT2D eigenvalue weighted by atomic mass is 79.9. The van der Waals surface area contributed by atoms with Gasteiger partial charge in [0.25, 0.3) is 5.91 Å². The molecule has 0 unspecified atom stereocenters. The number of carbonyl (C=O) groups excluding carboxylic acids is 1. The number of hydrogen-bond acceptors (Lipinski definition) is 6. The number of anilines is 1. The second-order valence-electron chi connectivity index (χ2n) is 4.24. The van der Waals surface area contributed by atoms with Crippen molar-refractivity contribution < 1.29 is 19.0 Å². The van der Waals surface area contributed by atoms with Crippen molar-refractivity contribution in [1.82, 2.24) is 4.98 Å². The molecule has 1 amide bonds. The monoisotopic (exact) mass is 386 g/mol. The Bertz CT molecular complexity index is 702. The van der Waals surface area contributed by atoms with Gasteiger partial charge in [-0.25, -0.2) is 4.98 Å². The number of benzene rings is 1. The third-order valence-corrected chi connectivity index (χ3v) is 4.47.